The zero-order valence-electron chi connectivity index (χ0n) is 13.9. The molecule has 0 heterocycles. The molecule has 0 saturated carbocycles. The zero-order valence-corrected chi connectivity index (χ0v) is 13.9. The lowest BCUT2D eigenvalue weighted by molar-refractivity contribution is -0.142. The molecule has 3 aromatic carbocycles. The lowest BCUT2D eigenvalue weighted by Crippen LogP contribution is -2.13. The molecular weight excluding hydrogens is 316 g/mol. The predicted octanol–water partition coefficient (Wildman–Crippen LogP) is 4.16. The highest BCUT2D eigenvalue weighted by atomic mass is 16.5. The first-order valence-electron chi connectivity index (χ1n) is 8.12. The summed E-state index contributed by atoms with van der Waals surface area (Å²) in [6.07, 6.45) is 0.0482. The number of ether oxygens (including phenoxy) is 2. The second kappa shape index (κ2) is 7.62. The SMILES string of the molecule is CCOC(=O)Cc1c(OC(=O)c2ccccc2)ccc2ccccc12. The Balaban J connectivity index is 1.98. The van der Waals surface area contributed by atoms with Gasteiger partial charge in [-0.1, -0.05) is 48.5 Å². The first-order valence-corrected chi connectivity index (χ1v) is 8.12. The fourth-order valence-corrected chi connectivity index (χ4v) is 2.68. The number of carbonyl (C=O) groups excluding carboxylic acids is 2. The highest BCUT2D eigenvalue weighted by Crippen LogP contribution is 2.29. The Bertz CT molecular complexity index is 900. The first-order chi connectivity index (χ1) is 12.2. The van der Waals surface area contributed by atoms with Gasteiger partial charge in [0.15, 0.2) is 0 Å². The van der Waals surface area contributed by atoms with E-state index in [9.17, 15) is 9.59 Å². The number of fused-ring (bicyclic) bond motifs is 1. The van der Waals surface area contributed by atoms with Crippen LogP contribution in [-0.4, -0.2) is 18.5 Å². The molecule has 0 saturated heterocycles. The Morgan fingerprint density at radius 3 is 2.36 bits per heavy atom. The van der Waals surface area contributed by atoms with Gasteiger partial charge >= 0.3 is 11.9 Å². The maximum absolute atomic E-state index is 12.4. The summed E-state index contributed by atoms with van der Waals surface area (Å²) >= 11 is 0. The molecule has 0 N–H and O–H groups in total. The minimum absolute atomic E-state index is 0.0482. The predicted molar refractivity (Wildman–Crippen MR) is 95.7 cm³/mol. The first kappa shape index (κ1) is 16.7. The van der Waals surface area contributed by atoms with Gasteiger partial charge in [0.05, 0.1) is 18.6 Å². The van der Waals surface area contributed by atoms with Crippen LogP contribution in [-0.2, 0) is 16.0 Å². The highest BCUT2D eigenvalue weighted by Gasteiger charge is 2.17. The molecule has 0 unspecified atom stereocenters. The Morgan fingerprint density at radius 2 is 1.60 bits per heavy atom. The van der Waals surface area contributed by atoms with E-state index in [1.54, 1.807) is 37.3 Å². The van der Waals surface area contributed by atoms with Crippen molar-refractivity contribution in [3.63, 3.8) is 0 Å². The topological polar surface area (TPSA) is 52.6 Å². The molecule has 4 nitrogen and oxygen atoms in total. The van der Waals surface area contributed by atoms with Gasteiger partial charge in [0.2, 0.25) is 0 Å². The fraction of sp³-hybridized carbons (Fsp3) is 0.143. The van der Waals surface area contributed by atoms with Crippen LogP contribution in [0.1, 0.15) is 22.8 Å². The van der Waals surface area contributed by atoms with E-state index in [1.807, 2.05) is 36.4 Å². The van der Waals surface area contributed by atoms with Crippen LogP contribution >= 0.6 is 0 Å². The van der Waals surface area contributed by atoms with Gasteiger partial charge in [-0.15, -0.1) is 0 Å². The van der Waals surface area contributed by atoms with E-state index in [1.165, 1.54) is 0 Å². The van der Waals surface area contributed by atoms with Gasteiger partial charge in [-0.25, -0.2) is 4.79 Å². The van der Waals surface area contributed by atoms with Crippen molar-refractivity contribution < 1.29 is 19.1 Å². The van der Waals surface area contributed by atoms with Crippen LogP contribution in [0.2, 0.25) is 0 Å². The standard InChI is InChI=1S/C21H18O4/c1-2-24-20(22)14-18-17-11-7-6-8-15(17)12-13-19(18)25-21(23)16-9-4-3-5-10-16/h3-13H,2,14H2,1H3. The van der Waals surface area contributed by atoms with Crippen LogP contribution in [0.4, 0.5) is 0 Å². The van der Waals surface area contributed by atoms with Gasteiger partial charge in [-0.2, -0.15) is 0 Å². The van der Waals surface area contributed by atoms with E-state index < -0.39 is 5.97 Å². The van der Waals surface area contributed by atoms with Crippen molar-refractivity contribution in [2.24, 2.45) is 0 Å². The summed E-state index contributed by atoms with van der Waals surface area (Å²) in [7, 11) is 0. The lowest BCUT2D eigenvalue weighted by atomic mass is 10.0. The Morgan fingerprint density at radius 1 is 0.880 bits per heavy atom. The number of rotatable bonds is 5. The summed E-state index contributed by atoms with van der Waals surface area (Å²) in [6, 6.07) is 20.0. The second-order valence-corrected chi connectivity index (χ2v) is 5.50. The molecule has 0 aliphatic heterocycles. The Hall–Kier alpha value is -3.14. The summed E-state index contributed by atoms with van der Waals surface area (Å²) < 4.78 is 10.6. The van der Waals surface area contributed by atoms with Gasteiger partial charge < -0.3 is 9.47 Å². The van der Waals surface area contributed by atoms with Crippen molar-refractivity contribution in [1.29, 1.82) is 0 Å². The van der Waals surface area contributed by atoms with E-state index in [4.69, 9.17) is 9.47 Å². The normalized spacial score (nSPS) is 10.4. The largest absolute Gasteiger partial charge is 0.466 e. The molecule has 3 rings (SSSR count). The molecule has 3 aromatic rings. The number of hydrogen-bond acceptors (Lipinski definition) is 4. The summed E-state index contributed by atoms with van der Waals surface area (Å²) in [6.45, 7) is 2.07. The minimum atomic E-state index is -0.457. The van der Waals surface area contributed by atoms with Crippen LogP contribution in [0.25, 0.3) is 10.8 Å². The summed E-state index contributed by atoms with van der Waals surface area (Å²) in [5.41, 5.74) is 1.11. The van der Waals surface area contributed by atoms with Crippen LogP contribution in [0.15, 0.2) is 66.7 Å². The van der Waals surface area contributed by atoms with Crippen LogP contribution in [0.3, 0.4) is 0 Å². The zero-order chi connectivity index (χ0) is 17.6. The molecule has 0 amide bonds. The van der Waals surface area contributed by atoms with Crippen LogP contribution in [0, 0.1) is 0 Å². The van der Waals surface area contributed by atoms with Gasteiger partial charge in [-0.3, -0.25) is 4.79 Å². The van der Waals surface area contributed by atoms with Gasteiger partial charge in [0, 0.05) is 5.56 Å². The van der Waals surface area contributed by atoms with Crippen molar-refractivity contribution in [2.45, 2.75) is 13.3 Å². The molecule has 0 atom stereocenters. The summed E-state index contributed by atoms with van der Waals surface area (Å²) in [5.74, 6) is -0.433. The molecule has 0 fully saturated rings. The quantitative estimate of drug-likeness (QED) is 0.519. The Kier molecular flexibility index (Phi) is 5.09. The third-order valence-electron chi connectivity index (χ3n) is 3.84. The van der Waals surface area contributed by atoms with Crippen LogP contribution < -0.4 is 4.74 Å². The van der Waals surface area contributed by atoms with E-state index in [-0.39, 0.29) is 12.4 Å². The molecule has 0 bridgehead atoms. The average Bonchev–Trinajstić information content (AvgIpc) is 2.64. The molecule has 0 radical (unpaired) electrons. The third kappa shape index (κ3) is 3.86. The molecule has 0 spiro atoms. The average molecular weight is 334 g/mol. The van der Waals surface area contributed by atoms with Gasteiger partial charge in [0.25, 0.3) is 0 Å². The van der Waals surface area contributed by atoms with E-state index in [0.29, 0.717) is 23.5 Å². The van der Waals surface area contributed by atoms with Gasteiger partial charge in [-0.05, 0) is 35.9 Å². The monoisotopic (exact) mass is 334 g/mol. The molecule has 0 aliphatic carbocycles. The lowest BCUT2D eigenvalue weighted by Gasteiger charge is -2.13. The van der Waals surface area contributed by atoms with E-state index in [0.717, 1.165) is 10.8 Å². The molecular formula is C21H18O4. The molecule has 4 heteroatoms. The van der Waals surface area contributed by atoms with Crippen molar-refractivity contribution in [3.05, 3.63) is 77.9 Å². The second-order valence-electron chi connectivity index (χ2n) is 5.50. The molecule has 25 heavy (non-hydrogen) atoms. The maximum Gasteiger partial charge on any atom is 0.343 e. The van der Waals surface area contributed by atoms with Crippen LogP contribution in [0.5, 0.6) is 5.75 Å². The summed E-state index contributed by atoms with van der Waals surface area (Å²) in [5, 5.41) is 1.84. The van der Waals surface area contributed by atoms with E-state index >= 15 is 0 Å². The number of hydrogen-bond donors (Lipinski definition) is 0. The third-order valence-corrected chi connectivity index (χ3v) is 3.84. The van der Waals surface area contributed by atoms with Crippen molar-refractivity contribution >= 4 is 22.7 Å². The maximum atomic E-state index is 12.4. The number of esters is 2. The number of carbonyl (C=O) groups is 2. The number of benzene rings is 3. The fourth-order valence-electron chi connectivity index (χ4n) is 2.68. The smallest absolute Gasteiger partial charge is 0.343 e. The van der Waals surface area contributed by atoms with Crippen molar-refractivity contribution in [2.75, 3.05) is 6.61 Å². The Labute approximate surface area is 146 Å². The molecule has 0 aliphatic rings. The minimum Gasteiger partial charge on any atom is -0.466 e. The van der Waals surface area contributed by atoms with Crippen molar-refractivity contribution in [1.82, 2.24) is 0 Å². The van der Waals surface area contributed by atoms with Gasteiger partial charge in [0.1, 0.15) is 5.75 Å². The molecule has 126 valence electrons. The highest BCUT2D eigenvalue weighted by molar-refractivity contribution is 5.95. The van der Waals surface area contributed by atoms with E-state index in [2.05, 4.69) is 0 Å². The van der Waals surface area contributed by atoms with Crippen molar-refractivity contribution in [3.8, 4) is 5.75 Å². The summed E-state index contributed by atoms with van der Waals surface area (Å²) in [4.78, 5) is 24.4. The molecule has 0 aromatic heterocycles.